The summed E-state index contributed by atoms with van der Waals surface area (Å²) in [6, 6.07) is 21.7. The zero-order chi connectivity index (χ0) is 32.2. The fraction of sp³-hybridized carbons (Fsp3) is 0.361. The van der Waals surface area contributed by atoms with Crippen molar-refractivity contribution in [2.24, 2.45) is 5.92 Å². The molecule has 4 aromatic rings. The maximum absolute atomic E-state index is 13.0. The Hall–Kier alpha value is -4.83. The molecule has 1 fully saturated rings. The minimum Gasteiger partial charge on any atom is -0.502 e. The summed E-state index contributed by atoms with van der Waals surface area (Å²) in [5, 5.41) is 10.9. The summed E-state index contributed by atoms with van der Waals surface area (Å²) in [4.78, 5) is 40.2. The van der Waals surface area contributed by atoms with Crippen molar-refractivity contribution in [3.8, 4) is 17.2 Å². The molecule has 10 heteroatoms. The van der Waals surface area contributed by atoms with Crippen molar-refractivity contribution in [3.05, 3.63) is 122 Å². The van der Waals surface area contributed by atoms with Crippen LogP contribution in [0.15, 0.2) is 86.8 Å². The molecule has 2 aliphatic heterocycles. The fourth-order valence-electron chi connectivity index (χ4n) is 6.70. The molecular formula is C36H38N2O8. The number of fused-ring (bicyclic) bond motifs is 4. The summed E-state index contributed by atoms with van der Waals surface area (Å²) in [5.41, 5.74) is 2.28. The third-order valence-electron chi connectivity index (χ3n) is 8.95. The second kappa shape index (κ2) is 13.7. The van der Waals surface area contributed by atoms with Crippen molar-refractivity contribution in [2.45, 2.75) is 44.2 Å². The van der Waals surface area contributed by atoms with Crippen LogP contribution in [0.1, 0.15) is 53.0 Å². The van der Waals surface area contributed by atoms with E-state index in [0.717, 1.165) is 30.0 Å². The van der Waals surface area contributed by atoms with Crippen LogP contribution < -0.4 is 20.5 Å². The molecule has 2 aliphatic rings. The lowest BCUT2D eigenvalue weighted by molar-refractivity contribution is -0.140. The summed E-state index contributed by atoms with van der Waals surface area (Å²) < 4.78 is 24.2. The number of ether oxygens (including phenoxy) is 3. The Morgan fingerprint density at radius 1 is 0.978 bits per heavy atom. The van der Waals surface area contributed by atoms with E-state index in [-0.39, 0.29) is 23.7 Å². The van der Waals surface area contributed by atoms with E-state index in [0.29, 0.717) is 55.7 Å². The number of benzene rings is 2. The molecular weight excluding hydrogens is 588 g/mol. The van der Waals surface area contributed by atoms with E-state index in [1.54, 1.807) is 43.5 Å². The van der Waals surface area contributed by atoms with E-state index in [2.05, 4.69) is 4.90 Å². The van der Waals surface area contributed by atoms with E-state index >= 15 is 0 Å². The molecule has 10 nitrogen and oxygen atoms in total. The summed E-state index contributed by atoms with van der Waals surface area (Å²) in [6.45, 7) is 2.96. The van der Waals surface area contributed by atoms with Crippen LogP contribution in [0, 0.1) is 5.92 Å². The minimum atomic E-state index is -0.757. The molecule has 0 saturated carbocycles. The monoisotopic (exact) mass is 626 g/mol. The van der Waals surface area contributed by atoms with Gasteiger partial charge in [0.2, 0.25) is 11.2 Å². The van der Waals surface area contributed by atoms with Crippen LogP contribution >= 0.6 is 0 Å². The van der Waals surface area contributed by atoms with Gasteiger partial charge >= 0.3 is 5.97 Å². The van der Waals surface area contributed by atoms with E-state index < -0.39 is 23.1 Å². The molecule has 0 amide bonds. The van der Waals surface area contributed by atoms with Gasteiger partial charge in [-0.2, -0.15) is 0 Å². The molecule has 3 atom stereocenters. The fourth-order valence-corrected chi connectivity index (χ4v) is 6.70. The highest BCUT2D eigenvalue weighted by atomic mass is 16.5. The topological polar surface area (TPSA) is 120 Å². The number of esters is 1. The van der Waals surface area contributed by atoms with Gasteiger partial charge in [0.1, 0.15) is 17.3 Å². The number of hydrogen-bond donors (Lipinski definition) is 1. The van der Waals surface area contributed by atoms with Gasteiger partial charge in [-0.1, -0.05) is 30.3 Å². The molecule has 0 aliphatic carbocycles. The van der Waals surface area contributed by atoms with Gasteiger partial charge in [-0.15, -0.1) is 0 Å². The van der Waals surface area contributed by atoms with Gasteiger partial charge in [-0.25, -0.2) is 0 Å². The van der Waals surface area contributed by atoms with Crippen molar-refractivity contribution >= 4 is 5.97 Å². The number of piperidine rings is 1. The van der Waals surface area contributed by atoms with Crippen molar-refractivity contribution < 1.29 is 28.5 Å². The lowest BCUT2D eigenvalue weighted by atomic mass is 9.83. The molecule has 3 unspecified atom stereocenters. The van der Waals surface area contributed by atoms with Gasteiger partial charge in [0, 0.05) is 49.8 Å². The van der Waals surface area contributed by atoms with Gasteiger partial charge in [-0.05, 0) is 53.8 Å². The molecule has 2 bridgehead atoms. The van der Waals surface area contributed by atoms with Crippen LogP contribution in [0.3, 0.4) is 0 Å². The first kappa shape index (κ1) is 31.2. The van der Waals surface area contributed by atoms with Crippen LogP contribution in [0.4, 0.5) is 0 Å². The zero-order valence-electron chi connectivity index (χ0n) is 26.0. The van der Waals surface area contributed by atoms with Crippen molar-refractivity contribution in [3.63, 3.8) is 0 Å². The number of nitrogens with zero attached hydrogens (tertiary/aromatic N) is 2. The molecule has 4 heterocycles. The molecule has 1 N–H and O–H groups in total. The average molecular weight is 627 g/mol. The number of pyridine rings is 1. The average Bonchev–Trinajstić information content (AvgIpc) is 3.06. The first-order valence-electron chi connectivity index (χ1n) is 15.5. The largest absolute Gasteiger partial charge is 0.502 e. The summed E-state index contributed by atoms with van der Waals surface area (Å²) in [7, 11) is 2.93. The van der Waals surface area contributed by atoms with Gasteiger partial charge < -0.3 is 28.3 Å². The van der Waals surface area contributed by atoms with Crippen LogP contribution in [0.2, 0.25) is 0 Å². The highest BCUT2D eigenvalue weighted by Crippen LogP contribution is 2.37. The lowest BCUT2D eigenvalue weighted by Crippen LogP contribution is -2.46. The quantitative estimate of drug-likeness (QED) is 0.241. The van der Waals surface area contributed by atoms with Gasteiger partial charge in [0.05, 0.1) is 39.7 Å². The Morgan fingerprint density at radius 3 is 2.48 bits per heavy atom. The zero-order valence-corrected chi connectivity index (χ0v) is 26.0. The predicted molar refractivity (Wildman–Crippen MR) is 171 cm³/mol. The summed E-state index contributed by atoms with van der Waals surface area (Å²) in [5.74, 6) is 0.588. The van der Waals surface area contributed by atoms with E-state index in [1.165, 1.54) is 13.2 Å². The van der Waals surface area contributed by atoms with Gasteiger partial charge in [0.25, 0.3) is 5.56 Å². The number of methoxy groups -OCH3 is 2. The standard InChI is InChI=1S/C36H38N2O8/c1-43-27-10-6-23(7-11-27)14-15-45-28-12-8-25(9-13-28)30(18-34(41)44-2)36-35(42)32(39)17-29(46-36)22-37-19-24-16-26(21-37)31-4-3-5-33(40)38(31)20-24/h3-13,17,24,26,30,42H,14-16,18-22H2,1-2H3. The molecule has 0 spiro atoms. The van der Waals surface area contributed by atoms with Crippen LogP contribution in [0.5, 0.6) is 17.2 Å². The molecule has 0 radical (unpaired) electrons. The Labute approximate surface area is 266 Å². The number of rotatable bonds is 11. The molecule has 46 heavy (non-hydrogen) atoms. The molecule has 2 aromatic carbocycles. The maximum atomic E-state index is 13.0. The number of likely N-dealkylation sites (tertiary alicyclic amines) is 1. The number of carbonyl (C=O) groups is 1. The first-order valence-corrected chi connectivity index (χ1v) is 15.5. The summed E-state index contributed by atoms with van der Waals surface area (Å²) in [6.07, 6.45) is 1.59. The second-order valence-electron chi connectivity index (χ2n) is 12.0. The molecule has 1 saturated heterocycles. The maximum Gasteiger partial charge on any atom is 0.306 e. The number of hydrogen-bond acceptors (Lipinski definition) is 9. The third kappa shape index (κ3) is 6.87. The number of aromatic hydroxyl groups is 1. The van der Waals surface area contributed by atoms with Gasteiger partial charge in [0.15, 0.2) is 5.76 Å². The van der Waals surface area contributed by atoms with Crippen LogP contribution in [0.25, 0.3) is 0 Å². The van der Waals surface area contributed by atoms with Crippen LogP contribution in [-0.2, 0) is 29.0 Å². The summed E-state index contributed by atoms with van der Waals surface area (Å²) >= 11 is 0. The number of aromatic nitrogens is 1. The Balaban J connectivity index is 1.19. The SMILES string of the molecule is COC(=O)CC(c1ccc(OCCc2ccc(OC)cc2)cc1)c1oc(CN2CC3CC(C2)c2cccc(=O)n2C3)cc(=O)c1O. The van der Waals surface area contributed by atoms with Crippen molar-refractivity contribution in [1.29, 1.82) is 0 Å². The Bertz CT molecular complexity index is 1790. The van der Waals surface area contributed by atoms with Crippen LogP contribution in [-0.4, -0.2) is 54.5 Å². The minimum absolute atomic E-state index is 0.0233. The highest BCUT2D eigenvalue weighted by molar-refractivity contribution is 5.71. The van der Waals surface area contributed by atoms with E-state index in [9.17, 15) is 19.5 Å². The second-order valence-corrected chi connectivity index (χ2v) is 12.0. The van der Waals surface area contributed by atoms with E-state index in [4.69, 9.17) is 18.6 Å². The highest BCUT2D eigenvalue weighted by Gasteiger charge is 2.35. The lowest BCUT2D eigenvalue weighted by Gasteiger charge is -2.42. The van der Waals surface area contributed by atoms with Gasteiger partial charge in [-0.3, -0.25) is 19.3 Å². The normalized spacial score (nSPS) is 18.0. The van der Waals surface area contributed by atoms with Crippen molar-refractivity contribution in [2.75, 3.05) is 33.9 Å². The smallest absolute Gasteiger partial charge is 0.306 e. The Morgan fingerprint density at radius 2 is 1.74 bits per heavy atom. The molecule has 240 valence electrons. The van der Waals surface area contributed by atoms with E-state index in [1.807, 2.05) is 34.9 Å². The molecule has 6 rings (SSSR count). The van der Waals surface area contributed by atoms with Crippen molar-refractivity contribution in [1.82, 2.24) is 9.47 Å². The number of carbonyl (C=O) groups excluding carboxylic acids is 1. The predicted octanol–water partition coefficient (Wildman–Crippen LogP) is 4.45. The first-order chi connectivity index (χ1) is 22.3. The molecule has 2 aromatic heterocycles. The Kier molecular flexibility index (Phi) is 9.25. The third-order valence-corrected chi connectivity index (χ3v) is 8.95.